The van der Waals surface area contributed by atoms with Gasteiger partial charge in [0.25, 0.3) is 5.91 Å². The van der Waals surface area contributed by atoms with E-state index in [0.717, 1.165) is 58.9 Å². The minimum atomic E-state index is 0.0821. The highest BCUT2D eigenvalue weighted by atomic mass is 79.9. The van der Waals surface area contributed by atoms with Gasteiger partial charge in [-0.25, -0.2) is 0 Å². The van der Waals surface area contributed by atoms with Crippen LogP contribution < -0.4 is 0 Å². The normalized spacial score (nSPS) is 18.4. The second-order valence-electron chi connectivity index (χ2n) is 5.49. The van der Waals surface area contributed by atoms with E-state index < -0.39 is 0 Å². The summed E-state index contributed by atoms with van der Waals surface area (Å²) < 4.78 is 1.02. The van der Waals surface area contributed by atoms with Crippen LogP contribution in [0.3, 0.4) is 0 Å². The fourth-order valence-electron chi connectivity index (χ4n) is 2.22. The highest BCUT2D eigenvalue weighted by Crippen LogP contribution is 2.33. The standard InChI is InChI=1S/C18H23BrN2OS/c1-3-5-10-20-18-21(11-6-4-2)17(22)16(23-18)13-14-8-7-9-15(19)12-14/h7-9,12-13H,3-6,10-11H2,1-2H3. The first-order chi connectivity index (χ1) is 11.2. The average Bonchev–Trinajstić information content (AvgIpc) is 2.81. The van der Waals surface area contributed by atoms with Gasteiger partial charge in [-0.05, 0) is 48.4 Å². The van der Waals surface area contributed by atoms with E-state index in [1.807, 2.05) is 35.2 Å². The van der Waals surface area contributed by atoms with E-state index >= 15 is 0 Å². The second kappa shape index (κ2) is 9.28. The molecular weight excluding hydrogens is 372 g/mol. The van der Waals surface area contributed by atoms with Crippen molar-refractivity contribution in [2.45, 2.75) is 39.5 Å². The smallest absolute Gasteiger partial charge is 0.266 e. The Morgan fingerprint density at radius 3 is 2.74 bits per heavy atom. The number of halogens is 1. The van der Waals surface area contributed by atoms with Gasteiger partial charge in [-0.3, -0.25) is 14.7 Å². The van der Waals surface area contributed by atoms with Gasteiger partial charge >= 0.3 is 0 Å². The molecule has 1 aliphatic rings. The maximum Gasteiger partial charge on any atom is 0.266 e. The summed E-state index contributed by atoms with van der Waals surface area (Å²) in [5.41, 5.74) is 1.03. The zero-order valence-corrected chi connectivity index (χ0v) is 16.1. The third-order valence-electron chi connectivity index (χ3n) is 3.53. The molecule has 1 aliphatic heterocycles. The predicted molar refractivity (Wildman–Crippen MR) is 104 cm³/mol. The third-order valence-corrected chi connectivity index (χ3v) is 5.07. The lowest BCUT2D eigenvalue weighted by Gasteiger charge is -2.14. The van der Waals surface area contributed by atoms with E-state index in [2.05, 4.69) is 34.8 Å². The number of amidine groups is 1. The Bertz CT molecular complexity index is 613. The fourth-order valence-corrected chi connectivity index (χ4v) is 3.67. The predicted octanol–water partition coefficient (Wildman–Crippen LogP) is 5.32. The molecule has 1 aromatic rings. The van der Waals surface area contributed by atoms with E-state index in [9.17, 15) is 4.79 Å². The van der Waals surface area contributed by atoms with Gasteiger partial charge in [0.1, 0.15) is 0 Å². The Kier molecular flexibility index (Phi) is 7.37. The van der Waals surface area contributed by atoms with Crippen molar-refractivity contribution in [2.75, 3.05) is 13.1 Å². The minimum absolute atomic E-state index is 0.0821. The average molecular weight is 395 g/mol. The number of thioether (sulfide) groups is 1. The van der Waals surface area contributed by atoms with Crippen molar-refractivity contribution in [3.63, 3.8) is 0 Å². The molecule has 0 unspecified atom stereocenters. The van der Waals surface area contributed by atoms with Gasteiger partial charge in [0.15, 0.2) is 5.17 Å². The highest BCUT2D eigenvalue weighted by Gasteiger charge is 2.32. The summed E-state index contributed by atoms with van der Waals surface area (Å²) in [5.74, 6) is 0.0821. The summed E-state index contributed by atoms with van der Waals surface area (Å²) >= 11 is 4.97. The molecule has 124 valence electrons. The summed E-state index contributed by atoms with van der Waals surface area (Å²) in [6.07, 6.45) is 6.21. The molecule has 0 spiro atoms. The van der Waals surface area contributed by atoms with Gasteiger partial charge in [-0.15, -0.1) is 0 Å². The molecule has 5 heteroatoms. The largest absolute Gasteiger partial charge is 0.287 e. The van der Waals surface area contributed by atoms with Crippen LogP contribution in [0.4, 0.5) is 0 Å². The zero-order chi connectivity index (χ0) is 16.7. The van der Waals surface area contributed by atoms with Crippen LogP contribution in [0.25, 0.3) is 6.08 Å². The maximum atomic E-state index is 12.7. The first-order valence-corrected chi connectivity index (χ1v) is 9.78. The second-order valence-corrected chi connectivity index (χ2v) is 7.42. The quantitative estimate of drug-likeness (QED) is 0.462. The molecule has 23 heavy (non-hydrogen) atoms. The Balaban J connectivity index is 2.21. The van der Waals surface area contributed by atoms with Crippen LogP contribution in [0.5, 0.6) is 0 Å². The first-order valence-electron chi connectivity index (χ1n) is 8.17. The number of rotatable bonds is 7. The highest BCUT2D eigenvalue weighted by molar-refractivity contribution is 9.10. The van der Waals surface area contributed by atoms with Crippen LogP contribution in [0.1, 0.15) is 45.1 Å². The number of hydrogen-bond donors (Lipinski definition) is 0. The van der Waals surface area contributed by atoms with Crippen LogP contribution in [-0.4, -0.2) is 29.1 Å². The van der Waals surface area contributed by atoms with Crippen molar-refractivity contribution in [1.29, 1.82) is 0 Å². The molecule has 1 saturated heterocycles. The Morgan fingerprint density at radius 1 is 1.26 bits per heavy atom. The van der Waals surface area contributed by atoms with Crippen LogP contribution in [0, 0.1) is 0 Å². The molecule has 1 fully saturated rings. The van der Waals surface area contributed by atoms with E-state index in [4.69, 9.17) is 0 Å². The van der Waals surface area contributed by atoms with Gasteiger partial charge in [-0.1, -0.05) is 54.8 Å². The summed E-state index contributed by atoms with van der Waals surface area (Å²) in [4.78, 5) is 19.9. The van der Waals surface area contributed by atoms with Crippen molar-refractivity contribution in [3.8, 4) is 0 Å². The van der Waals surface area contributed by atoms with E-state index in [1.165, 1.54) is 11.8 Å². The number of carbonyl (C=O) groups excluding carboxylic acids is 1. The zero-order valence-electron chi connectivity index (χ0n) is 13.7. The lowest BCUT2D eigenvalue weighted by atomic mass is 10.2. The van der Waals surface area contributed by atoms with Crippen LogP contribution in [0.15, 0.2) is 38.6 Å². The van der Waals surface area contributed by atoms with Crippen LogP contribution in [0.2, 0.25) is 0 Å². The molecule has 3 nitrogen and oxygen atoms in total. The van der Waals surface area contributed by atoms with Crippen molar-refractivity contribution >= 4 is 44.8 Å². The number of hydrogen-bond acceptors (Lipinski definition) is 3. The van der Waals surface area contributed by atoms with E-state index in [0.29, 0.717) is 0 Å². The number of nitrogens with zero attached hydrogens (tertiary/aromatic N) is 2. The third kappa shape index (κ3) is 5.21. The van der Waals surface area contributed by atoms with Gasteiger partial charge in [0.2, 0.25) is 0 Å². The summed E-state index contributed by atoms with van der Waals surface area (Å²) in [6.45, 7) is 5.84. The molecule has 1 heterocycles. The monoisotopic (exact) mass is 394 g/mol. The first kappa shape index (κ1) is 18.3. The molecule has 0 N–H and O–H groups in total. The van der Waals surface area contributed by atoms with Gasteiger partial charge < -0.3 is 0 Å². The molecular formula is C18H23BrN2OS. The fraction of sp³-hybridized carbons (Fsp3) is 0.444. The summed E-state index contributed by atoms with van der Waals surface area (Å²) in [5, 5.41) is 0.859. The molecule has 1 amide bonds. The lowest BCUT2D eigenvalue weighted by Crippen LogP contribution is -2.30. The minimum Gasteiger partial charge on any atom is -0.287 e. The lowest BCUT2D eigenvalue weighted by molar-refractivity contribution is -0.122. The van der Waals surface area contributed by atoms with Gasteiger partial charge in [0, 0.05) is 17.6 Å². The number of benzene rings is 1. The Hall–Kier alpha value is -1.07. The van der Waals surface area contributed by atoms with Crippen molar-refractivity contribution in [1.82, 2.24) is 4.90 Å². The Labute approximate surface area is 151 Å². The molecule has 0 saturated carbocycles. The number of unbranched alkanes of at least 4 members (excludes halogenated alkanes) is 2. The molecule has 0 aliphatic carbocycles. The van der Waals surface area contributed by atoms with Gasteiger partial charge in [0.05, 0.1) is 4.91 Å². The number of carbonyl (C=O) groups is 1. The topological polar surface area (TPSA) is 32.7 Å². The summed E-state index contributed by atoms with van der Waals surface area (Å²) in [7, 11) is 0. The van der Waals surface area contributed by atoms with Crippen LogP contribution in [-0.2, 0) is 4.79 Å². The van der Waals surface area contributed by atoms with Crippen molar-refractivity contribution < 1.29 is 4.79 Å². The van der Waals surface area contributed by atoms with Gasteiger partial charge in [-0.2, -0.15) is 0 Å². The molecule has 2 rings (SSSR count). The van der Waals surface area contributed by atoms with Crippen LogP contribution >= 0.6 is 27.7 Å². The van der Waals surface area contributed by atoms with Crippen molar-refractivity contribution in [2.24, 2.45) is 4.99 Å². The molecule has 0 radical (unpaired) electrons. The molecule has 0 bridgehead atoms. The summed E-state index contributed by atoms with van der Waals surface area (Å²) in [6, 6.07) is 7.99. The van der Waals surface area contributed by atoms with E-state index in [1.54, 1.807) is 0 Å². The Morgan fingerprint density at radius 2 is 2.04 bits per heavy atom. The molecule has 1 aromatic carbocycles. The maximum absolute atomic E-state index is 12.7. The molecule has 0 atom stereocenters. The van der Waals surface area contributed by atoms with Crippen molar-refractivity contribution in [3.05, 3.63) is 39.2 Å². The SMILES string of the molecule is CCCCN=C1SC(=Cc2cccc(Br)c2)C(=O)N1CCCC. The van der Waals surface area contributed by atoms with E-state index in [-0.39, 0.29) is 5.91 Å². The molecule has 0 aromatic heterocycles. The number of amides is 1. The number of aliphatic imine (C=N–C) groups is 1.